The van der Waals surface area contributed by atoms with Crippen LogP contribution in [0.1, 0.15) is 18.0 Å². The van der Waals surface area contributed by atoms with E-state index in [9.17, 15) is 4.39 Å². The third-order valence-electron chi connectivity index (χ3n) is 4.87. The Kier molecular flexibility index (Phi) is 4.36. The molecule has 4 rings (SSSR count). The maximum atomic E-state index is 13.9. The topological polar surface area (TPSA) is 41.3 Å². The second kappa shape index (κ2) is 6.65. The Bertz CT molecular complexity index is 864. The van der Waals surface area contributed by atoms with Crippen molar-refractivity contribution in [2.75, 3.05) is 25.5 Å². The quantitative estimate of drug-likeness (QED) is 0.731. The highest BCUT2D eigenvalue weighted by Gasteiger charge is 2.33. The smallest absolute Gasteiger partial charge is 0.295 e. The Balaban J connectivity index is 1.51. The van der Waals surface area contributed by atoms with E-state index >= 15 is 0 Å². The van der Waals surface area contributed by atoms with E-state index in [1.807, 2.05) is 30.3 Å². The third-order valence-corrected chi connectivity index (χ3v) is 5.18. The van der Waals surface area contributed by atoms with Gasteiger partial charge in [0, 0.05) is 12.6 Å². The second-order valence-electron chi connectivity index (χ2n) is 6.52. The maximum absolute atomic E-state index is 13.9. The van der Waals surface area contributed by atoms with Gasteiger partial charge >= 0.3 is 0 Å². The van der Waals surface area contributed by atoms with E-state index < -0.39 is 0 Å². The Morgan fingerprint density at radius 2 is 2.16 bits per heavy atom. The molecule has 2 aromatic carbocycles. The summed E-state index contributed by atoms with van der Waals surface area (Å²) < 4.78 is 19.6. The molecule has 25 heavy (non-hydrogen) atoms. The van der Waals surface area contributed by atoms with Gasteiger partial charge in [-0.1, -0.05) is 29.8 Å². The van der Waals surface area contributed by atoms with Gasteiger partial charge < -0.3 is 9.73 Å². The molecule has 130 valence electrons. The number of hydrogen-bond donors (Lipinski definition) is 1. The van der Waals surface area contributed by atoms with Gasteiger partial charge in [-0.05, 0) is 55.8 Å². The molecule has 0 bridgehead atoms. The number of hydrogen-bond acceptors (Lipinski definition) is 4. The summed E-state index contributed by atoms with van der Waals surface area (Å²) in [7, 11) is 2.07. The summed E-state index contributed by atoms with van der Waals surface area (Å²) >= 11 is 5.82. The molecule has 1 aliphatic rings. The Morgan fingerprint density at radius 1 is 1.32 bits per heavy atom. The lowest BCUT2D eigenvalue weighted by Gasteiger charge is -2.25. The van der Waals surface area contributed by atoms with Gasteiger partial charge in [0.05, 0.1) is 5.02 Å². The van der Waals surface area contributed by atoms with Gasteiger partial charge in [-0.15, -0.1) is 0 Å². The predicted octanol–water partition coefficient (Wildman–Crippen LogP) is 4.73. The molecule has 2 atom stereocenters. The highest BCUT2D eigenvalue weighted by atomic mass is 35.5. The molecule has 2 heterocycles. The minimum atomic E-state index is -0.370. The lowest BCUT2D eigenvalue weighted by atomic mass is 9.93. The van der Waals surface area contributed by atoms with E-state index in [-0.39, 0.29) is 16.9 Å². The molecular weight excluding hydrogens is 341 g/mol. The number of likely N-dealkylation sites (tertiary alicyclic amines) is 1. The van der Waals surface area contributed by atoms with Gasteiger partial charge in [-0.2, -0.15) is 4.98 Å². The number of anilines is 1. The van der Waals surface area contributed by atoms with Gasteiger partial charge in [-0.3, -0.25) is 4.90 Å². The van der Waals surface area contributed by atoms with Crippen LogP contribution in [0.5, 0.6) is 0 Å². The lowest BCUT2D eigenvalue weighted by molar-refractivity contribution is 0.281. The molecule has 3 aromatic rings. The summed E-state index contributed by atoms with van der Waals surface area (Å²) in [5.74, 6) is -0.0364. The molecule has 6 heteroatoms. The van der Waals surface area contributed by atoms with Crippen LogP contribution >= 0.6 is 11.6 Å². The first-order chi connectivity index (χ1) is 12.1. The zero-order chi connectivity index (χ0) is 17.4. The monoisotopic (exact) mass is 359 g/mol. The summed E-state index contributed by atoms with van der Waals surface area (Å²) in [5.41, 5.74) is 2.56. The van der Waals surface area contributed by atoms with Crippen molar-refractivity contribution in [3.05, 3.63) is 58.9 Å². The first kappa shape index (κ1) is 16.4. The van der Waals surface area contributed by atoms with Crippen LogP contribution in [0.4, 0.5) is 10.4 Å². The SMILES string of the molecule is CN1CCC(CNc2nc3ccccc3o2)C1c1ccc(Cl)c(F)c1. The number of fused-ring (bicyclic) bond motifs is 1. The Labute approximate surface area is 150 Å². The summed E-state index contributed by atoms with van der Waals surface area (Å²) in [4.78, 5) is 6.70. The predicted molar refractivity (Wildman–Crippen MR) is 97.4 cm³/mol. The fraction of sp³-hybridized carbons (Fsp3) is 0.316. The zero-order valence-corrected chi connectivity index (χ0v) is 14.6. The lowest BCUT2D eigenvalue weighted by Crippen LogP contribution is -2.25. The van der Waals surface area contributed by atoms with Crippen LogP contribution in [0.3, 0.4) is 0 Å². The molecule has 0 radical (unpaired) electrons. The van der Waals surface area contributed by atoms with Crippen molar-refractivity contribution in [2.24, 2.45) is 5.92 Å². The molecule has 1 aliphatic heterocycles. The van der Waals surface area contributed by atoms with Crippen molar-refractivity contribution >= 4 is 28.7 Å². The standard InChI is InChI=1S/C19H19ClFN3O/c1-24-9-8-13(18(24)12-6-7-14(20)15(21)10-12)11-22-19-23-16-4-2-3-5-17(16)25-19/h2-7,10,13,18H,8-9,11H2,1H3,(H,22,23). The number of oxazole rings is 1. The molecule has 1 fully saturated rings. The van der Waals surface area contributed by atoms with E-state index in [2.05, 4.69) is 22.2 Å². The van der Waals surface area contributed by atoms with Crippen LogP contribution in [0.15, 0.2) is 46.9 Å². The van der Waals surface area contributed by atoms with Crippen molar-refractivity contribution < 1.29 is 8.81 Å². The molecule has 0 amide bonds. The molecule has 1 saturated heterocycles. The van der Waals surface area contributed by atoms with Gasteiger partial charge in [0.25, 0.3) is 6.01 Å². The number of para-hydroxylation sites is 2. The van der Waals surface area contributed by atoms with Crippen LogP contribution < -0.4 is 5.32 Å². The first-order valence-corrected chi connectivity index (χ1v) is 8.74. The van der Waals surface area contributed by atoms with Gasteiger partial charge in [0.1, 0.15) is 11.3 Å². The molecule has 4 nitrogen and oxygen atoms in total. The van der Waals surface area contributed by atoms with Crippen molar-refractivity contribution in [1.29, 1.82) is 0 Å². The molecule has 0 aliphatic carbocycles. The summed E-state index contributed by atoms with van der Waals surface area (Å²) in [6.45, 7) is 1.68. The number of nitrogens with zero attached hydrogens (tertiary/aromatic N) is 2. The van der Waals surface area contributed by atoms with Gasteiger partial charge in [0.15, 0.2) is 5.58 Å². The van der Waals surface area contributed by atoms with Gasteiger partial charge in [-0.25, -0.2) is 4.39 Å². The number of halogens is 2. The van der Waals surface area contributed by atoms with E-state index in [1.54, 1.807) is 12.1 Å². The second-order valence-corrected chi connectivity index (χ2v) is 6.92. The van der Waals surface area contributed by atoms with Gasteiger partial charge in [0.2, 0.25) is 0 Å². The number of rotatable bonds is 4. The van der Waals surface area contributed by atoms with Crippen molar-refractivity contribution in [1.82, 2.24) is 9.88 Å². The van der Waals surface area contributed by atoms with Crippen molar-refractivity contribution in [2.45, 2.75) is 12.5 Å². The van der Waals surface area contributed by atoms with Crippen LogP contribution in [-0.2, 0) is 0 Å². The highest BCUT2D eigenvalue weighted by Crippen LogP contribution is 2.37. The number of benzene rings is 2. The summed E-state index contributed by atoms with van der Waals surface area (Å²) in [6.07, 6.45) is 1.03. The molecular formula is C19H19ClFN3O. The summed E-state index contributed by atoms with van der Waals surface area (Å²) in [6, 6.07) is 13.4. The van der Waals surface area contributed by atoms with Crippen LogP contribution in [0.25, 0.3) is 11.1 Å². The van der Waals surface area contributed by atoms with Crippen molar-refractivity contribution in [3.8, 4) is 0 Å². The molecule has 2 unspecified atom stereocenters. The minimum Gasteiger partial charge on any atom is -0.424 e. The maximum Gasteiger partial charge on any atom is 0.295 e. The molecule has 0 saturated carbocycles. The Hall–Kier alpha value is -2.11. The highest BCUT2D eigenvalue weighted by molar-refractivity contribution is 6.30. The normalized spacial score (nSPS) is 21.1. The average Bonchev–Trinajstić information content (AvgIpc) is 3.18. The molecule has 1 aromatic heterocycles. The van der Waals surface area contributed by atoms with Crippen molar-refractivity contribution in [3.63, 3.8) is 0 Å². The first-order valence-electron chi connectivity index (χ1n) is 8.36. The third kappa shape index (κ3) is 3.22. The molecule has 0 spiro atoms. The van der Waals surface area contributed by atoms with Crippen LogP contribution in [0, 0.1) is 11.7 Å². The summed E-state index contributed by atoms with van der Waals surface area (Å²) in [5, 5.41) is 3.46. The van der Waals surface area contributed by atoms with E-state index in [0.717, 1.165) is 29.6 Å². The average molecular weight is 360 g/mol. The minimum absolute atomic E-state index is 0.142. The van der Waals surface area contributed by atoms with Crippen LogP contribution in [-0.4, -0.2) is 30.0 Å². The molecule has 1 N–H and O–H groups in total. The zero-order valence-electron chi connectivity index (χ0n) is 13.9. The number of nitrogens with one attached hydrogen (secondary N) is 1. The largest absolute Gasteiger partial charge is 0.424 e. The number of aromatic nitrogens is 1. The Morgan fingerprint density at radius 3 is 2.96 bits per heavy atom. The van der Waals surface area contributed by atoms with E-state index in [0.29, 0.717) is 18.5 Å². The fourth-order valence-electron chi connectivity index (χ4n) is 3.63. The van der Waals surface area contributed by atoms with E-state index in [1.165, 1.54) is 0 Å². The fourth-order valence-corrected chi connectivity index (χ4v) is 3.75. The van der Waals surface area contributed by atoms with E-state index in [4.69, 9.17) is 16.0 Å². The van der Waals surface area contributed by atoms with Crippen LogP contribution in [0.2, 0.25) is 5.02 Å².